The van der Waals surface area contributed by atoms with Crippen molar-refractivity contribution in [3.05, 3.63) is 0 Å². The Hall–Kier alpha value is 0.137. The molecule has 0 saturated carbocycles. The lowest BCUT2D eigenvalue weighted by Crippen LogP contribution is -2.32. The zero-order chi connectivity index (χ0) is 7.28. The van der Waals surface area contributed by atoms with E-state index in [1.807, 2.05) is 13.8 Å². The lowest BCUT2D eigenvalue weighted by Gasteiger charge is -2.11. The molecule has 0 unspecified atom stereocenters. The summed E-state index contributed by atoms with van der Waals surface area (Å²) in [6.45, 7) is 6.17. The predicted octanol–water partition coefficient (Wildman–Crippen LogP) is 1.27. The largest absolute Gasteiger partial charge is 0.400 e. The molecule has 0 saturated heterocycles. The van der Waals surface area contributed by atoms with Crippen LogP contribution in [0.3, 0.4) is 0 Å². The summed E-state index contributed by atoms with van der Waals surface area (Å²) in [5, 5.41) is 5.66. The van der Waals surface area contributed by atoms with Crippen molar-refractivity contribution in [3.8, 4) is 0 Å². The van der Waals surface area contributed by atoms with E-state index in [9.17, 15) is 0 Å². The van der Waals surface area contributed by atoms with Gasteiger partial charge in [0.25, 0.3) is 9.20 Å². The molecule has 0 rings (SSSR count). The Kier molecular flexibility index (Phi) is 5.04. The Morgan fingerprint density at radius 2 is 2.11 bits per heavy atom. The van der Waals surface area contributed by atoms with Gasteiger partial charge in [-0.1, -0.05) is 13.3 Å². The Balaban J connectivity index is 3.15. The van der Waals surface area contributed by atoms with Crippen LogP contribution in [-0.4, -0.2) is 15.3 Å². The van der Waals surface area contributed by atoms with Gasteiger partial charge < -0.3 is 9.83 Å². The van der Waals surface area contributed by atoms with Gasteiger partial charge in [0.05, 0.1) is 0 Å². The van der Waals surface area contributed by atoms with Gasteiger partial charge in [0.1, 0.15) is 0 Å². The fraction of sp³-hybridized carbons (Fsp3) is 1.00. The third-order valence-electron chi connectivity index (χ3n) is 0.883. The second-order valence-electron chi connectivity index (χ2n) is 2.38. The highest BCUT2D eigenvalue weighted by atomic mass is 28.3. The van der Waals surface area contributed by atoms with Gasteiger partial charge in [0, 0.05) is 6.10 Å². The van der Waals surface area contributed by atoms with E-state index in [4.69, 9.17) is 9.83 Å². The van der Waals surface area contributed by atoms with Crippen LogP contribution in [-0.2, 0) is 4.43 Å². The van der Waals surface area contributed by atoms with Gasteiger partial charge in [-0.05, 0) is 19.9 Å². The Bertz CT molecular complexity index is 68.1. The second-order valence-corrected chi connectivity index (χ2v) is 4.05. The first kappa shape index (κ1) is 9.14. The summed E-state index contributed by atoms with van der Waals surface area (Å²) in [5.74, 6) is 0. The molecule has 9 heavy (non-hydrogen) atoms. The van der Waals surface area contributed by atoms with Gasteiger partial charge >= 0.3 is 0 Å². The maximum atomic E-state index is 5.66. The van der Waals surface area contributed by atoms with Crippen LogP contribution in [0.2, 0.25) is 6.04 Å². The summed E-state index contributed by atoms with van der Waals surface area (Å²) in [7, 11) is -0.940. The molecular weight excluding hydrogens is 130 g/mol. The van der Waals surface area contributed by atoms with Gasteiger partial charge in [0.2, 0.25) is 0 Å². The van der Waals surface area contributed by atoms with Gasteiger partial charge in [0.15, 0.2) is 0 Å². The van der Waals surface area contributed by atoms with Gasteiger partial charge in [-0.15, -0.1) is 0 Å². The monoisotopic (exact) mass is 146 g/mol. The average Bonchev–Trinajstić information content (AvgIpc) is 1.63. The first-order valence-corrected chi connectivity index (χ1v) is 5.14. The van der Waals surface area contributed by atoms with Crippen molar-refractivity contribution in [2.75, 3.05) is 0 Å². The van der Waals surface area contributed by atoms with E-state index in [1.54, 1.807) is 0 Å². The highest BCUT2D eigenvalue weighted by Crippen LogP contribution is 1.96. The standard InChI is InChI=1S/C6H16NOSi/c1-4-5-9(7)8-6(2)3/h6H,4-5,7H2,1-3H3. The summed E-state index contributed by atoms with van der Waals surface area (Å²) in [4.78, 5) is 0. The van der Waals surface area contributed by atoms with Gasteiger partial charge in [-0.25, -0.2) is 0 Å². The number of nitrogens with two attached hydrogens (primary N) is 1. The van der Waals surface area contributed by atoms with Crippen LogP contribution in [0.4, 0.5) is 0 Å². The number of rotatable bonds is 4. The smallest absolute Gasteiger partial charge is 0.300 e. The zero-order valence-electron chi connectivity index (χ0n) is 6.48. The van der Waals surface area contributed by atoms with E-state index in [1.165, 1.54) is 0 Å². The van der Waals surface area contributed by atoms with Crippen molar-refractivity contribution >= 4 is 9.20 Å². The third kappa shape index (κ3) is 6.02. The molecule has 0 aliphatic carbocycles. The Morgan fingerprint density at radius 3 is 2.44 bits per heavy atom. The highest BCUT2D eigenvalue weighted by Gasteiger charge is 2.06. The maximum absolute atomic E-state index is 5.66. The molecule has 0 aliphatic rings. The summed E-state index contributed by atoms with van der Waals surface area (Å²) in [6.07, 6.45) is 1.44. The van der Waals surface area contributed by atoms with Crippen LogP contribution in [0.5, 0.6) is 0 Å². The van der Waals surface area contributed by atoms with Gasteiger partial charge in [-0.3, -0.25) is 0 Å². The van der Waals surface area contributed by atoms with Crippen LogP contribution in [0, 0.1) is 0 Å². The molecule has 2 N–H and O–H groups in total. The van der Waals surface area contributed by atoms with Crippen LogP contribution in [0.25, 0.3) is 0 Å². The van der Waals surface area contributed by atoms with E-state index in [0.29, 0.717) is 6.10 Å². The molecule has 0 amide bonds. The van der Waals surface area contributed by atoms with Crippen molar-refractivity contribution in [3.63, 3.8) is 0 Å². The molecule has 1 radical (unpaired) electrons. The molecule has 0 atom stereocenters. The minimum atomic E-state index is -0.940. The molecule has 0 aliphatic heterocycles. The predicted molar refractivity (Wildman–Crippen MR) is 41.3 cm³/mol. The molecule has 0 aromatic rings. The highest BCUT2D eigenvalue weighted by molar-refractivity contribution is 6.47. The average molecular weight is 146 g/mol. The lowest BCUT2D eigenvalue weighted by molar-refractivity contribution is 0.241. The molecule has 0 heterocycles. The fourth-order valence-electron chi connectivity index (χ4n) is 0.608. The first-order chi connectivity index (χ1) is 4.16. The Morgan fingerprint density at radius 1 is 1.56 bits per heavy atom. The van der Waals surface area contributed by atoms with E-state index in [2.05, 4.69) is 6.92 Å². The van der Waals surface area contributed by atoms with Crippen molar-refractivity contribution in [2.45, 2.75) is 39.3 Å². The topological polar surface area (TPSA) is 35.2 Å². The molecule has 3 heteroatoms. The molecule has 55 valence electrons. The molecule has 0 aromatic carbocycles. The van der Waals surface area contributed by atoms with Crippen LogP contribution < -0.4 is 5.40 Å². The quantitative estimate of drug-likeness (QED) is 0.606. The summed E-state index contributed by atoms with van der Waals surface area (Å²) in [5.41, 5.74) is 0. The molecule has 0 aromatic heterocycles. The van der Waals surface area contributed by atoms with E-state index in [-0.39, 0.29) is 0 Å². The van der Waals surface area contributed by atoms with E-state index in [0.717, 1.165) is 12.5 Å². The van der Waals surface area contributed by atoms with Crippen molar-refractivity contribution in [1.82, 2.24) is 0 Å². The number of hydrogen-bond donors (Lipinski definition) is 1. The number of hydrogen-bond acceptors (Lipinski definition) is 2. The lowest BCUT2D eigenvalue weighted by atomic mass is 10.5. The van der Waals surface area contributed by atoms with Crippen molar-refractivity contribution in [2.24, 2.45) is 5.40 Å². The van der Waals surface area contributed by atoms with Crippen molar-refractivity contribution in [1.29, 1.82) is 0 Å². The minimum Gasteiger partial charge on any atom is -0.400 e. The SMILES string of the molecule is CCC[Si](N)OC(C)C. The van der Waals surface area contributed by atoms with Crippen LogP contribution >= 0.6 is 0 Å². The molecule has 0 bridgehead atoms. The van der Waals surface area contributed by atoms with E-state index < -0.39 is 9.20 Å². The summed E-state index contributed by atoms with van der Waals surface area (Å²) < 4.78 is 5.37. The summed E-state index contributed by atoms with van der Waals surface area (Å²) in [6, 6.07) is 1.06. The zero-order valence-corrected chi connectivity index (χ0v) is 7.48. The van der Waals surface area contributed by atoms with E-state index >= 15 is 0 Å². The Labute approximate surface area is 59.2 Å². The second kappa shape index (κ2) is 4.96. The van der Waals surface area contributed by atoms with Crippen LogP contribution in [0.1, 0.15) is 27.2 Å². The normalized spacial score (nSPS) is 11.3. The fourth-order valence-corrected chi connectivity index (χ4v) is 1.82. The molecule has 0 fully saturated rings. The molecule has 0 spiro atoms. The molecular formula is C6H16NOSi. The van der Waals surface area contributed by atoms with Gasteiger partial charge in [-0.2, -0.15) is 0 Å². The maximum Gasteiger partial charge on any atom is 0.300 e. The van der Waals surface area contributed by atoms with Crippen molar-refractivity contribution < 1.29 is 4.43 Å². The summed E-state index contributed by atoms with van der Waals surface area (Å²) >= 11 is 0. The first-order valence-electron chi connectivity index (χ1n) is 3.44. The van der Waals surface area contributed by atoms with Crippen LogP contribution in [0.15, 0.2) is 0 Å². The minimum absolute atomic E-state index is 0.301. The third-order valence-corrected chi connectivity index (χ3v) is 2.65. The molecule has 2 nitrogen and oxygen atoms in total.